The quantitative estimate of drug-likeness (QED) is 0.230. The summed E-state index contributed by atoms with van der Waals surface area (Å²) < 4.78 is 0. The molecule has 4 rings (SSSR count). The number of benzene rings is 2. The van der Waals surface area contributed by atoms with Gasteiger partial charge < -0.3 is 4.90 Å². The van der Waals surface area contributed by atoms with Gasteiger partial charge in [0.15, 0.2) is 0 Å². The number of rotatable bonds is 11. The van der Waals surface area contributed by atoms with Gasteiger partial charge in [0.1, 0.15) is 5.54 Å². The van der Waals surface area contributed by atoms with Gasteiger partial charge in [-0.15, -0.1) is 0 Å². The fourth-order valence-electron chi connectivity index (χ4n) is 6.69. The zero-order chi connectivity index (χ0) is 27.4. The van der Waals surface area contributed by atoms with Gasteiger partial charge in [-0.2, -0.15) is 5.06 Å². The van der Waals surface area contributed by atoms with Crippen molar-refractivity contribution in [3.63, 3.8) is 0 Å². The van der Waals surface area contributed by atoms with Crippen LogP contribution in [0.2, 0.25) is 0 Å². The summed E-state index contributed by atoms with van der Waals surface area (Å²) in [7, 11) is 0. The van der Waals surface area contributed by atoms with E-state index in [4.69, 9.17) is 4.84 Å². The van der Waals surface area contributed by atoms with Crippen molar-refractivity contribution in [2.24, 2.45) is 0 Å². The van der Waals surface area contributed by atoms with Gasteiger partial charge in [0, 0.05) is 30.5 Å². The number of hydrogen-bond donors (Lipinski definition) is 0. The van der Waals surface area contributed by atoms with Crippen LogP contribution in [0.4, 0.5) is 10.5 Å². The first-order valence-electron chi connectivity index (χ1n) is 14.3. The number of urea groups is 1. The summed E-state index contributed by atoms with van der Waals surface area (Å²) in [5.41, 5.74) is -0.242. The summed E-state index contributed by atoms with van der Waals surface area (Å²) in [5, 5.41) is 2.11. The van der Waals surface area contributed by atoms with Crippen molar-refractivity contribution in [1.82, 2.24) is 9.96 Å². The third-order valence-corrected chi connectivity index (χ3v) is 8.01. The van der Waals surface area contributed by atoms with E-state index in [1.807, 2.05) is 65.6 Å². The summed E-state index contributed by atoms with van der Waals surface area (Å²) >= 11 is 0. The summed E-state index contributed by atoms with van der Waals surface area (Å²) in [6.45, 7) is 11.9. The number of anilines is 1. The fraction of sp³-hybridized carbons (Fsp3) is 0.562. The van der Waals surface area contributed by atoms with Crippen LogP contribution in [0.1, 0.15) is 91.5 Å². The SMILES string of the molecule is CCCCCCCCON1C(C)(C)CC2(CC1(C)C)C(=O)N(c1ccccc1)C(=O)N2Cc1ccccc1. The van der Waals surface area contributed by atoms with E-state index in [0.29, 0.717) is 31.7 Å². The molecule has 3 amide bonds. The maximum absolute atomic E-state index is 14.4. The molecule has 38 heavy (non-hydrogen) atoms. The normalized spacial score (nSPS) is 20.4. The van der Waals surface area contributed by atoms with Crippen molar-refractivity contribution in [2.45, 2.75) is 109 Å². The third kappa shape index (κ3) is 5.67. The van der Waals surface area contributed by atoms with Crippen LogP contribution in [0.5, 0.6) is 0 Å². The number of amides is 3. The number of imide groups is 1. The minimum absolute atomic E-state index is 0.138. The number of carbonyl (C=O) groups is 2. The summed E-state index contributed by atoms with van der Waals surface area (Å²) in [6, 6.07) is 19.0. The van der Waals surface area contributed by atoms with Gasteiger partial charge >= 0.3 is 6.03 Å². The summed E-state index contributed by atoms with van der Waals surface area (Å²) in [5.74, 6) is -0.138. The van der Waals surface area contributed by atoms with Gasteiger partial charge in [0.2, 0.25) is 0 Å². The first kappa shape index (κ1) is 28.3. The Hall–Kier alpha value is -2.70. The minimum atomic E-state index is -0.963. The second-order valence-corrected chi connectivity index (χ2v) is 12.2. The fourth-order valence-corrected chi connectivity index (χ4v) is 6.69. The molecule has 2 aromatic carbocycles. The lowest BCUT2D eigenvalue weighted by atomic mass is 9.69. The van der Waals surface area contributed by atoms with Gasteiger partial charge in [-0.3, -0.25) is 9.63 Å². The van der Waals surface area contributed by atoms with E-state index >= 15 is 0 Å². The largest absolute Gasteiger partial charge is 0.332 e. The van der Waals surface area contributed by atoms with Crippen LogP contribution in [0.25, 0.3) is 0 Å². The van der Waals surface area contributed by atoms with Crippen molar-refractivity contribution >= 4 is 17.6 Å². The van der Waals surface area contributed by atoms with Gasteiger partial charge in [-0.05, 0) is 51.8 Å². The number of piperidine rings is 1. The number of nitrogens with zero attached hydrogens (tertiary/aromatic N) is 3. The highest BCUT2D eigenvalue weighted by Crippen LogP contribution is 2.51. The highest BCUT2D eigenvalue weighted by atomic mass is 16.7. The average molecular weight is 520 g/mol. The molecule has 2 saturated heterocycles. The van der Waals surface area contributed by atoms with Crippen LogP contribution in [0.3, 0.4) is 0 Å². The molecule has 0 atom stereocenters. The zero-order valence-electron chi connectivity index (χ0n) is 23.9. The number of unbranched alkanes of at least 4 members (excludes halogenated alkanes) is 5. The van der Waals surface area contributed by atoms with E-state index in [1.165, 1.54) is 37.0 Å². The molecule has 0 N–H and O–H groups in total. The maximum Gasteiger partial charge on any atom is 0.332 e. The molecular weight excluding hydrogens is 474 g/mol. The smallest absolute Gasteiger partial charge is 0.305 e. The lowest BCUT2D eigenvalue weighted by molar-refractivity contribution is -0.293. The molecule has 2 aromatic rings. The Labute approximate surface area is 228 Å². The average Bonchev–Trinajstić information content (AvgIpc) is 3.05. The van der Waals surface area contributed by atoms with Crippen LogP contribution >= 0.6 is 0 Å². The van der Waals surface area contributed by atoms with E-state index in [9.17, 15) is 9.59 Å². The maximum atomic E-state index is 14.4. The number of hydrogen-bond acceptors (Lipinski definition) is 4. The Morgan fingerprint density at radius 2 is 1.32 bits per heavy atom. The Bertz CT molecular complexity index is 1070. The monoisotopic (exact) mass is 519 g/mol. The Balaban J connectivity index is 1.61. The molecule has 0 unspecified atom stereocenters. The van der Waals surface area contributed by atoms with E-state index in [1.54, 1.807) is 0 Å². The number of para-hydroxylation sites is 1. The molecule has 1 spiro atoms. The first-order valence-corrected chi connectivity index (χ1v) is 14.3. The molecule has 0 aliphatic carbocycles. The highest BCUT2D eigenvalue weighted by molar-refractivity contribution is 6.23. The summed E-state index contributed by atoms with van der Waals surface area (Å²) in [6.07, 6.45) is 8.26. The predicted octanol–water partition coefficient (Wildman–Crippen LogP) is 7.34. The van der Waals surface area contributed by atoms with E-state index in [-0.39, 0.29) is 11.9 Å². The molecule has 2 fully saturated rings. The molecule has 0 saturated carbocycles. The van der Waals surface area contributed by atoms with Gasteiger partial charge in [0.25, 0.3) is 5.91 Å². The standard InChI is InChI=1S/C32H45N3O3/c1-6-7-8-9-10-17-22-38-35-30(2,3)24-32(25-31(35,4)5)28(36)34(27-20-15-12-16-21-27)29(37)33(32)23-26-18-13-11-14-19-26/h11-16,18-21H,6-10,17,22-25H2,1-5H3. The Morgan fingerprint density at radius 1 is 0.763 bits per heavy atom. The van der Waals surface area contributed by atoms with Crippen LogP contribution in [-0.4, -0.2) is 45.1 Å². The second kappa shape index (κ2) is 11.6. The van der Waals surface area contributed by atoms with Crippen molar-refractivity contribution in [1.29, 1.82) is 0 Å². The van der Waals surface area contributed by atoms with Crippen molar-refractivity contribution in [3.8, 4) is 0 Å². The predicted molar refractivity (Wildman–Crippen MR) is 153 cm³/mol. The molecule has 2 heterocycles. The van der Waals surface area contributed by atoms with Crippen molar-refractivity contribution in [3.05, 3.63) is 66.2 Å². The lowest BCUT2D eigenvalue weighted by Gasteiger charge is -2.58. The van der Waals surface area contributed by atoms with Crippen LogP contribution < -0.4 is 4.90 Å². The minimum Gasteiger partial charge on any atom is -0.305 e. The molecule has 2 aliphatic heterocycles. The highest BCUT2D eigenvalue weighted by Gasteiger charge is 2.65. The van der Waals surface area contributed by atoms with Crippen LogP contribution in [-0.2, 0) is 16.2 Å². The van der Waals surface area contributed by atoms with Gasteiger partial charge in [-0.1, -0.05) is 87.6 Å². The van der Waals surface area contributed by atoms with E-state index < -0.39 is 16.6 Å². The molecule has 2 aliphatic rings. The molecule has 206 valence electrons. The molecular formula is C32H45N3O3. The number of carbonyl (C=O) groups excluding carboxylic acids is 2. The number of hydroxylamine groups is 2. The van der Waals surface area contributed by atoms with Gasteiger partial charge in [0.05, 0.1) is 12.3 Å². The van der Waals surface area contributed by atoms with E-state index in [2.05, 4.69) is 39.7 Å². The summed E-state index contributed by atoms with van der Waals surface area (Å²) in [4.78, 5) is 38.0. The van der Waals surface area contributed by atoms with Crippen molar-refractivity contribution in [2.75, 3.05) is 11.5 Å². The lowest BCUT2D eigenvalue weighted by Crippen LogP contribution is -2.69. The topological polar surface area (TPSA) is 53.1 Å². The van der Waals surface area contributed by atoms with Crippen LogP contribution in [0.15, 0.2) is 60.7 Å². The van der Waals surface area contributed by atoms with E-state index in [0.717, 1.165) is 12.0 Å². The molecule has 0 aromatic heterocycles. The molecule has 0 bridgehead atoms. The Kier molecular flexibility index (Phi) is 8.63. The second-order valence-electron chi connectivity index (χ2n) is 12.2. The zero-order valence-corrected chi connectivity index (χ0v) is 23.9. The molecule has 0 radical (unpaired) electrons. The third-order valence-electron chi connectivity index (χ3n) is 8.01. The Morgan fingerprint density at radius 3 is 1.92 bits per heavy atom. The van der Waals surface area contributed by atoms with Crippen LogP contribution in [0, 0.1) is 0 Å². The molecule has 6 nitrogen and oxygen atoms in total. The first-order chi connectivity index (χ1) is 18.1. The van der Waals surface area contributed by atoms with Gasteiger partial charge in [-0.25, -0.2) is 9.69 Å². The molecule has 6 heteroatoms. The van der Waals surface area contributed by atoms with Crippen molar-refractivity contribution < 1.29 is 14.4 Å².